The lowest BCUT2D eigenvalue weighted by Crippen LogP contribution is -2.39. The van der Waals surface area contributed by atoms with Gasteiger partial charge < -0.3 is 24.7 Å². The first kappa shape index (κ1) is 21.4. The number of nitrogens with zero attached hydrogens (tertiary/aromatic N) is 7. The molecule has 172 valence electrons. The van der Waals surface area contributed by atoms with E-state index < -0.39 is 12.1 Å². The van der Waals surface area contributed by atoms with Crippen LogP contribution in [0.3, 0.4) is 0 Å². The van der Waals surface area contributed by atoms with Crippen molar-refractivity contribution in [2.75, 3.05) is 49.2 Å². The Balaban J connectivity index is 1.36. The molecule has 0 amide bonds. The van der Waals surface area contributed by atoms with E-state index in [-0.39, 0.29) is 11.6 Å². The van der Waals surface area contributed by atoms with Gasteiger partial charge in [0.1, 0.15) is 11.6 Å². The average molecular weight is 451 g/mol. The highest BCUT2D eigenvalue weighted by molar-refractivity contribution is 5.91. The molecule has 3 aromatic rings. The molecule has 1 aromatic carbocycles. The molecule has 0 spiro atoms. The molecule has 2 fully saturated rings. The predicted molar refractivity (Wildman–Crippen MR) is 119 cm³/mol. The fourth-order valence-electron chi connectivity index (χ4n) is 4.53. The van der Waals surface area contributed by atoms with Crippen LogP contribution in [-0.4, -0.2) is 81.2 Å². The van der Waals surface area contributed by atoms with Gasteiger partial charge in [-0.25, -0.2) is 4.79 Å². The number of anilines is 2. The van der Waals surface area contributed by atoms with Crippen LogP contribution in [0, 0.1) is 5.92 Å². The Bertz CT molecular complexity index is 1140. The van der Waals surface area contributed by atoms with Gasteiger partial charge in [-0.2, -0.15) is 5.10 Å². The molecule has 0 radical (unpaired) electrons. The largest absolute Gasteiger partial charge is 0.476 e. The van der Waals surface area contributed by atoms with E-state index in [9.17, 15) is 9.90 Å². The minimum Gasteiger partial charge on any atom is -0.476 e. The van der Waals surface area contributed by atoms with Crippen molar-refractivity contribution in [2.24, 2.45) is 5.92 Å². The number of carboxylic acids is 1. The molecular formula is C22H25N7O4. The number of ether oxygens (including phenoxy) is 1. The zero-order valence-electron chi connectivity index (χ0n) is 18.0. The molecule has 0 aliphatic carbocycles. The number of aliphatic hydroxyl groups excluding tert-OH is 1. The Morgan fingerprint density at radius 3 is 2.64 bits per heavy atom. The molecule has 5 rings (SSSR count). The van der Waals surface area contributed by atoms with Crippen LogP contribution in [0.4, 0.5) is 11.5 Å². The van der Waals surface area contributed by atoms with E-state index in [4.69, 9.17) is 9.84 Å². The number of piperidine rings is 1. The van der Waals surface area contributed by atoms with Gasteiger partial charge in [-0.15, -0.1) is 15.3 Å². The summed E-state index contributed by atoms with van der Waals surface area (Å²) < 4.78 is 5.44. The molecule has 4 heterocycles. The predicted octanol–water partition coefficient (Wildman–Crippen LogP) is 1.30. The van der Waals surface area contributed by atoms with Gasteiger partial charge in [0.15, 0.2) is 11.5 Å². The Morgan fingerprint density at radius 2 is 1.88 bits per heavy atom. The number of aromatic carboxylic acids is 1. The summed E-state index contributed by atoms with van der Waals surface area (Å²) in [6.45, 7) is 4.49. The van der Waals surface area contributed by atoms with E-state index in [1.54, 1.807) is 0 Å². The normalized spacial score (nSPS) is 20.1. The number of carbonyl (C=O) groups is 1. The van der Waals surface area contributed by atoms with Crippen molar-refractivity contribution in [1.29, 1.82) is 0 Å². The second kappa shape index (κ2) is 9.20. The molecule has 2 unspecified atom stereocenters. The summed E-state index contributed by atoms with van der Waals surface area (Å²) in [5, 5.41) is 41.0. The standard InChI is InChI=1S/C22H25N7O4/c30-20(17-5-6-18(22(31)32)24-23-17)14-2-1-7-29(13-14)21-16-4-3-15(12-19(16)25-27-26-21)28-8-10-33-11-9-28/h3-6,12,14,20,30H,1-2,7-11,13H2,(H,31,32). The SMILES string of the molecule is O=C(O)c1ccc(C(O)C2CCCN(c3nnnc4cc(N5CCOCC5)ccc34)C2)nn1. The monoisotopic (exact) mass is 451 g/mol. The minimum atomic E-state index is -1.15. The fraction of sp³-hybridized carbons (Fsp3) is 0.455. The van der Waals surface area contributed by atoms with Gasteiger partial charge in [0.2, 0.25) is 0 Å². The van der Waals surface area contributed by atoms with Crippen LogP contribution in [0.1, 0.15) is 35.1 Å². The number of aliphatic hydroxyl groups is 1. The summed E-state index contributed by atoms with van der Waals surface area (Å²) in [7, 11) is 0. The lowest BCUT2D eigenvalue weighted by Gasteiger charge is -2.35. The van der Waals surface area contributed by atoms with Crippen LogP contribution < -0.4 is 9.80 Å². The second-order valence-corrected chi connectivity index (χ2v) is 8.36. The molecule has 2 atom stereocenters. The first-order valence-corrected chi connectivity index (χ1v) is 11.1. The van der Waals surface area contributed by atoms with Crippen molar-refractivity contribution in [3.8, 4) is 0 Å². The van der Waals surface area contributed by atoms with Gasteiger partial charge in [0.25, 0.3) is 0 Å². The maximum atomic E-state index is 11.0. The van der Waals surface area contributed by atoms with E-state index >= 15 is 0 Å². The number of morpholine rings is 1. The number of hydrogen-bond acceptors (Lipinski definition) is 10. The first-order valence-electron chi connectivity index (χ1n) is 11.1. The fourth-order valence-corrected chi connectivity index (χ4v) is 4.53. The zero-order chi connectivity index (χ0) is 22.8. The van der Waals surface area contributed by atoms with Crippen molar-refractivity contribution >= 4 is 28.4 Å². The van der Waals surface area contributed by atoms with Crippen LogP contribution in [0.5, 0.6) is 0 Å². The zero-order valence-corrected chi connectivity index (χ0v) is 18.0. The summed E-state index contributed by atoms with van der Waals surface area (Å²) in [4.78, 5) is 15.4. The van der Waals surface area contributed by atoms with Gasteiger partial charge in [-0.1, -0.05) is 0 Å². The number of benzene rings is 1. The Morgan fingerprint density at radius 1 is 1.03 bits per heavy atom. The lowest BCUT2D eigenvalue weighted by atomic mass is 9.90. The lowest BCUT2D eigenvalue weighted by molar-refractivity contribution is 0.0686. The van der Waals surface area contributed by atoms with E-state index in [2.05, 4.69) is 41.5 Å². The maximum Gasteiger partial charge on any atom is 0.356 e. The third kappa shape index (κ3) is 4.41. The highest BCUT2D eigenvalue weighted by Gasteiger charge is 2.30. The molecule has 2 saturated heterocycles. The van der Waals surface area contributed by atoms with Crippen molar-refractivity contribution in [3.05, 3.63) is 41.7 Å². The van der Waals surface area contributed by atoms with E-state index in [0.717, 1.165) is 54.9 Å². The summed E-state index contributed by atoms with van der Waals surface area (Å²) in [5.41, 5.74) is 2.09. The molecule has 33 heavy (non-hydrogen) atoms. The summed E-state index contributed by atoms with van der Waals surface area (Å²) in [6, 6.07) is 9.04. The van der Waals surface area contributed by atoms with E-state index in [0.29, 0.717) is 25.5 Å². The average Bonchev–Trinajstić information content (AvgIpc) is 2.88. The first-order chi connectivity index (χ1) is 16.1. The van der Waals surface area contributed by atoms with Gasteiger partial charge >= 0.3 is 5.97 Å². The van der Waals surface area contributed by atoms with Gasteiger partial charge in [-0.05, 0) is 48.4 Å². The van der Waals surface area contributed by atoms with Crippen molar-refractivity contribution in [1.82, 2.24) is 25.6 Å². The third-order valence-corrected chi connectivity index (χ3v) is 6.30. The van der Waals surface area contributed by atoms with Gasteiger partial charge in [-0.3, -0.25) is 0 Å². The maximum absolute atomic E-state index is 11.0. The summed E-state index contributed by atoms with van der Waals surface area (Å²) >= 11 is 0. The quantitative estimate of drug-likeness (QED) is 0.580. The molecule has 2 aliphatic heterocycles. The highest BCUT2D eigenvalue weighted by atomic mass is 16.5. The molecule has 2 aromatic heterocycles. The van der Waals surface area contributed by atoms with Crippen molar-refractivity contribution in [3.63, 3.8) is 0 Å². The van der Waals surface area contributed by atoms with Gasteiger partial charge in [0, 0.05) is 43.2 Å². The summed E-state index contributed by atoms with van der Waals surface area (Å²) in [5.74, 6) is -0.494. The van der Waals surface area contributed by atoms with Crippen LogP contribution in [-0.2, 0) is 4.74 Å². The molecule has 0 saturated carbocycles. The molecule has 11 nitrogen and oxygen atoms in total. The van der Waals surface area contributed by atoms with E-state index in [1.807, 2.05) is 12.1 Å². The molecular weight excluding hydrogens is 426 g/mol. The van der Waals surface area contributed by atoms with E-state index in [1.165, 1.54) is 12.1 Å². The molecule has 2 N–H and O–H groups in total. The Labute approximate surface area is 190 Å². The van der Waals surface area contributed by atoms with Crippen LogP contribution >= 0.6 is 0 Å². The van der Waals surface area contributed by atoms with Crippen molar-refractivity contribution in [2.45, 2.75) is 18.9 Å². The molecule has 11 heteroatoms. The second-order valence-electron chi connectivity index (χ2n) is 8.36. The van der Waals surface area contributed by atoms with Crippen LogP contribution in [0.2, 0.25) is 0 Å². The molecule has 0 bridgehead atoms. The number of rotatable bonds is 5. The molecule has 2 aliphatic rings. The minimum absolute atomic E-state index is 0.0960. The van der Waals surface area contributed by atoms with Crippen LogP contribution in [0.15, 0.2) is 30.3 Å². The number of hydrogen-bond donors (Lipinski definition) is 2. The smallest absolute Gasteiger partial charge is 0.356 e. The number of carboxylic acid groups (broad SMARTS) is 1. The Kier molecular flexibility index (Phi) is 5.97. The van der Waals surface area contributed by atoms with Crippen molar-refractivity contribution < 1.29 is 19.7 Å². The number of aromatic nitrogens is 5. The summed E-state index contributed by atoms with van der Waals surface area (Å²) in [6.07, 6.45) is 0.842. The highest BCUT2D eigenvalue weighted by Crippen LogP contribution is 2.33. The Hall–Kier alpha value is -3.44. The third-order valence-electron chi connectivity index (χ3n) is 6.30. The topological polar surface area (TPSA) is 138 Å². The van der Waals surface area contributed by atoms with Gasteiger partial charge in [0.05, 0.1) is 18.9 Å². The number of fused-ring (bicyclic) bond motifs is 1. The van der Waals surface area contributed by atoms with Crippen LogP contribution in [0.25, 0.3) is 10.9 Å².